The quantitative estimate of drug-likeness (QED) is 0.202. The van der Waals surface area contributed by atoms with Crippen molar-refractivity contribution in [2.75, 3.05) is 4.90 Å². The highest BCUT2D eigenvalue weighted by atomic mass is 16.5. The van der Waals surface area contributed by atoms with Crippen molar-refractivity contribution in [2.24, 2.45) is 0 Å². The summed E-state index contributed by atoms with van der Waals surface area (Å²) in [4.78, 5) is 2.37. The molecule has 9 rings (SSSR count). The second kappa shape index (κ2) is 10.4. The van der Waals surface area contributed by atoms with Gasteiger partial charge in [-0.05, 0) is 71.8 Å². The lowest BCUT2D eigenvalue weighted by molar-refractivity contribution is 0.279. The average molecular weight is 579 g/mol. The molecule has 1 aromatic heterocycles. The van der Waals surface area contributed by atoms with Gasteiger partial charge in [0.25, 0.3) is 0 Å². The van der Waals surface area contributed by atoms with E-state index in [4.69, 9.17) is 4.74 Å². The average Bonchev–Trinajstić information content (AvgIpc) is 3.66. The van der Waals surface area contributed by atoms with Crippen LogP contribution in [0.5, 0.6) is 5.75 Å². The smallest absolute Gasteiger partial charge is 0.130 e. The van der Waals surface area contributed by atoms with Crippen LogP contribution in [0.1, 0.15) is 12.0 Å². The molecule has 0 saturated heterocycles. The third kappa shape index (κ3) is 4.20. The number of nitrogens with zero attached hydrogens (tertiary/aromatic N) is 2. The van der Waals surface area contributed by atoms with Crippen LogP contribution in [0.2, 0.25) is 0 Å². The van der Waals surface area contributed by atoms with Crippen molar-refractivity contribution in [3.05, 3.63) is 169 Å². The van der Waals surface area contributed by atoms with Crippen molar-refractivity contribution in [2.45, 2.75) is 12.5 Å². The Balaban J connectivity index is 1.20. The summed E-state index contributed by atoms with van der Waals surface area (Å²) in [6.07, 6.45) is 7.50. The first-order chi connectivity index (χ1) is 22.3. The summed E-state index contributed by atoms with van der Waals surface area (Å²) in [5, 5.41) is 2.53. The fraction of sp³-hybridized carbons (Fsp3) is 0.0476. The van der Waals surface area contributed by atoms with Crippen molar-refractivity contribution < 1.29 is 4.74 Å². The monoisotopic (exact) mass is 578 g/mol. The van der Waals surface area contributed by atoms with Gasteiger partial charge in [-0.3, -0.25) is 0 Å². The molecule has 0 radical (unpaired) electrons. The number of anilines is 3. The Hall–Kier alpha value is -5.80. The van der Waals surface area contributed by atoms with Crippen LogP contribution in [-0.2, 0) is 0 Å². The molecular formula is C42H30N2O. The van der Waals surface area contributed by atoms with Crippen LogP contribution in [0.15, 0.2) is 164 Å². The van der Waals surface area contributed by atoms with Crippen molar-refractivity contribution >= 4 is 44.4 Å². The van der Waals surface area contributed by atoms with Crippen molar-refractivity contribution in [3.8, 4) is 22.6 Å². The number of benzene rings is 6. The summed E-state index contributed by atoms with van der Waals surface area (Å²) in [5.41, 5.74) is 11.7. The minimum absolute atomic E-state index is 0.0612. The summed E-state index contributed by atoms with van der Waals surface area (Å²) in [6, 6.07) is 52.1. The van der Waals surface area contributed by atoms with Gasteiger partial charge < -0.3 is 14.2 Å². The fourth-order valence-corrected chi connectivity index (χ4v) is 7.02. The van der Waals surface area contributed by atoms with E-state index in [1.54, 1.807) is 0 Å². The predicted molar refractivity (Wildman–Crippen MR) is 187 cm³/mol. The van der Waals surface area contributed by atoms with Crippen molar-refractivity contribution in [1.29, 1.82) is 0 Å². The Morgan fingerprint density at radius 2 is 1.20 bits per heavy atom. The Kier molecular flexibility index (Phi) is 5.95. The van der Waals surface area contributed by atoms with Crippen LogP contribution >= 0.6 is 0 Å². The normalized spacial score (nSPS) is 15.0. The second-order valence-electron chi connectivity index (χ2n) is 11.7. The number of ether oxygens (including phenoxy) is 1. The van der Waals surface area contributed by atoms with Crippen LogP contribution in [0, 0.1) is 0 Å². The van der Waals surface area contributed by atoms with Crippen LogP contribution in [0.4, 0.5) is 17.1 Å². The van der Waals surface area contributed by atoms with E-state index in [0.29, 0.717) is 0 Å². The molecular weight excluding hydrogens is 548 g/mol. The Labute approximate surface area is 262 Å². The molecule has 3 heteroatoms. The maximum atomic E-state index is 6.45. The molecule has 0 saturated carbocycles. The highest BCUT2D eigenvalue weighted by molar-refractivity contribution is 6.09. The Morgan fingerprint density at radius 1 is 0.578 bits per heavy atom. The Morgan fingerprint density at radius 3 is 1.91 bits per heavy atom. The van der Waals surface area contributed by atoms with Gasteiger partial charge in [0, 0.05) is 45.4 Å². The minimum Gasteiger partial charge on any atom is -0.485 e. The molecule has 2 aliphatic rings. The lowest BCUT2D eigenvalue weighted by Crippen LogP contribution is -2.14. The molecule has 1 atom stereocenters. The number of para-hydroxylation sites is 2. The molecule has 2 heterocycles. The number of hydrogen-bond acceptors (Lipinski definition) is 2. The Bertz CT molecular complexity index is 2200. The first-order valence-corrected chi connectivity index (χ1v) is 15.5. The maximum Gasteiger partial charge on any atom is 0.130 e. The molecule has 3 nitrogen and oxygen atoms in total. The standard InChI is InChI=1S/C42H30N2O/c1-2-11-29(12-3-1)30-21-23-31(24-22-30)43(39-18-10-20-41-42(39)36-15-6-9-19-40(36)45-41)32-25-27-33(28-26-32)44-37-16-7-4-13-34(37)35-14-5-8-17-38(35)44/h1-18,20-28,40H,19H2. The molecule has 0 bridgehead atoms. The second-order valence-corrected chi connectivity index (χ2v) is 11.7. The van der Waals surface area contributed by atoms with Gasteiger partial charge in [-0.15, -0.1) is 0 Å². The number of aromatic nitrogens is 1. The van der Waals surface area contributed by atoms with E-state index >= 15 is 0 Å². The van der Waals surface area contributed by atoms with E-state index in [2.05, 4.69) is 173 Å². The van der Waals surface area contributed by atoms with E-state index in [1.165, 1.54) is 44.1 Å². The van der Waals surface area contributed by atoms with Gasteiger partial charge in [-0.25, -0.2) is 0 Å². The van der Waals surface area contributed by atoms with Crippen LogP contribution in [0.25, 0.3) is 44.2 Å². The molecule has 1 aliphatic heterocycles. The molecule has 1 aliphatic carbocycles. The van der Waals surface area contributed by atoms with Crippen LogP contribution < -0.4 is 9.64 Å². The highest BCUT2D eigenvalue weighted by Crippen LogP contribution is 2.49. The molecule has 0 fully saturated rings. The first kappa shape index (κ1) is 25.7. The summed E-state index contributed by atoms with van der Waals surface area (Å²) in [5.74, 6) is 0.945. The van der Waals surface area contributed by atoms with Gasteiger partial charge >= 0.3 is 0 Å². The largest absolute Gasteiger partial charge is 0.485 e. The summed E-state index contributed by atoms with van der Waals surface area (Å²) in [7, 11) is 0. The van der Waals surface area contributed by atoms with E-state index in [9.17, 15) is 0 Å². The third-order valence-electron chi connectivity index (χ3n) is 9.09. The van der Waals surface area contributed by atoms with Crippen LogP contribution in [-0.4, -0.2) is 10.7 Å². The number of allylic oxidation sites excluding steroid dienone is 2. The topological polar surface area (TPSA) is 17.4 Å². The summed E-state index contributed by atoms with van der Waals surface area (Å²) >= 11 is 0. The summed E-state index contributed by atoms with van der Waals surface area (Å²) < 4.78 is 8.82. The van der Waals surface area contributed by atoms with Gasteiger partial charge in [0.1, 0.15) is 11.9 Å². The number of rotatable bonds is 5. The van der Waals surface area contributed by atoms with Gasteiger partial charge in [0.05, 0.1) is 16.7 Å². The molecule has 6 aromatic carbocycles. The molecule has 214 valence electrons. The molecule has 0 N–H and O–H groups in total. The predicted octanol–water partition coefficient (Wildman–Crippen LogP) is 11.0. The lowest BCUT2D eigenvalue weighted by atomic mass is 9.94. The molecule has 7 aromatic rings. The zero-order chi connectivity index (χ0) is 29.7. The maximum absolute atomic E-state index is 6.45. The van der Waals surface area contributed by atoms with Crippen LogP contribution in [0.3, 0.4) is 0 Å². The highest BCUT2D eigenvalue weighted by Gasteiger charge is 2.33. The molecule has 1 unspecified atom stereocenters. The van der Waals surface area contributed by atoms with E-state index in [0.717, 1.165) is 34.9 Å². The fourth-order valence-electron chi connectivity index (χ4n) is 7.02. The number of hydrogen-bond donors (Lipinski definition) is 0. The van der Waals surface area contributed by atoms with Crippen molar-refractivity contribution in [1.82, 2.24) is 4.57 Å². The molecule has 45 heavy (non-hydrogen) atoms. The summed E-state index contributed by atoms with van der Waals surface area (Å²) in [6.45, 7) is 0. The van der Waals surface area contributed by atoms with Gasteiger partial charge in [-0.1, -0.05) is 103 Å². The lowest BCUT2D eigenvalue weighted by Gasteiger charge is -2.28. The first-order valence-electron chi connectivity index (χ1n) is 15.5. The van der Waals surface area contributed by atoms with E-state index < -0.39 is 0 Å². The SMILES string of the molecule is C1=CCC2Oc3cccc(N(c4ccc(-c5ccccc5)cc4)c4ccc(-n5c6ccccc6c6ccccc65)cc4)c3C2=C1. The van der Waals surface area contributed by atoms with Gasteiger partial charge in [-0.2, -0.15) is 0 Å². The van der Waals surface area contributed by atoms with E-state index in [-0.39, 0.29) is 6.10 Å². The zero-order valence-electron chi connectivity index (χ0n) is 24.7. The minimum atomic E-state index is 0.0612. The third-order valence-corrected chi connectivity index (χ3v) is 9.09. The zero-order valence-corrected chi connectivity index (χ0v) is 24.7. The van der Waals surface area contributed by atoms with Gasteiger partial charge in [0.2, 0.25) is 0 Å². The number of fused-ring (bicyclic) bond motifs is 6. The van der Waals surface area contributed by atoms with E-state index in [1.807, 2.05) is 0 Å². The molecule has 0 amide bonds. The van der Waals surface area contributed by atoms with Crippen molar-refractivity contribution in [3.63, 3.8) is 0 Å². The molecule has 0 spiro atoms. The van der Waals surface area contributed by atoms with Gasteiger partial charge in [0.15, 0.2) is 0 Å².